The molecule has 0 bridgehead atoms. The predicted molar refractivity (Wildman–Crippen MR) is 129 cm³/mol. The maximum Gasteiger partial charge on any atom is 0.248 e. The fourth-order valence-corrected chi connectivity index (χ4v) is 3.78. The summed E-state index contributed by atoms with van der Waals surface area (Å²) in [4.78, 5) is 21.0. The molecule has 2 aromatic carbocycles. The molecule has 0 saturated heterocycles. The number of benzene rings is 2. The molecule has 162 valence electrons. The van der Waals surface area contributed by atoms with Gasteiger partial charge in [-0.05, 0) is 66.7 Å². The number of carbonyl (C=O) groups is 1. The van der Waals surface area contributed by atoms with Crippen LogP contribution in [0.4, 0.5) is 5.69 Å². The lowest BCUT2D eigenvalue weighted by atomic mass is 10.2. The second-order valence-corrected chi connectivity index (χ2v) is 7.98. The molecule has 0 atom stereocenters. The van der Waals surface area contributed by atoms with Gasteiger partial charge in [-0.1, -0.05) is 29.3 Å². The third-order valence-corrected chi connectivity index (χ3v) is 5.15. The summed E-state index contributed by atoms with van der Waals surface area (Å²) in [5.74, 6) is 1.23. The fourth-order valence-electron chi connectivity index (χ4n) is 3.26. The maximum absolute atomic E-state index is 12.4. The van der Waals surface area contributed by atoms with E-state index in [4.69, 9.17) is 32.0 Å². The summed E-state index contributed by atoms with van der Waals surface area (Å²) in [6.07, 6.45) is 4.63. The van der Waals surface area contributed by atoms with Crippen molar-refractivity contribution in [2.45, 2.75) is 0 Å². The van der Waals surface area contributed by atoms with Crippen LogP contribution >= 0.6 is 23.2 Å². The number of pyridine rings is 1. The molecule has 33 heavy (non-hydrogen) atoms. The summed E-state index contributed by atoms with van der Waals surface area (Å²) in [5, 5.41) is 3.85. The number of rotatable bonds is 5. The Kier molecular flexibility index (Phi) is 5.69. The van der Waals surface area contributed by atoms with Gasteiger partial charge in [-0.25, -0.2) is 4.98 Å². The Morgan fingerprint density at radius 1 is 0.909 bits per heavy atom. The Bertz CT molecular complexity index is 1450. The Morgan fingerprint density at radius 2 is 1.76 bits per heavy atom. The summed E-state index contributed by atoms with van der Waals surface area (Å²) in [6, 6.07) is 19.5. The maximum atomic E-state index is 12.4. The van der Waals surface area contributed by atoms with E-state index in [9.17, 15) is 4.79 Å². The van der Waals surface area contributed by atoms with Crippen molar-refractivity contribution in [1.82, 2.24) is 9.97 Å². The summed E-state index contributed by atoms with van der Waals surface area (Å²) in [7, 11) is 0. The monoisotopic (exact) mass is 475 g/mol. The van der Waals surface area contributed by atoms with Gasteiger partial charge in [-0.15, -0.1) is 0 Å². The number of fused-ring (bicyclic) bond motifs is 1. The number of carbonyl (C=O) groups excluding carboxylic acids is 1. The number of hydrogen-bond donors (Lipinski definition) is 1. The van der Waals surface area contributed by atoms with Gasteiger partial charge in [0.25, 0.3) is 0 Å². The number of halogens is 2. The molecule has 0 aliphatic rings. The molecule has 0 radical (unpaired) electrons. The molecule has 1 N–H and O–H groups in total. The molecule has 0 aliphatic heterocycles. The Morgan fingerprint density at radius 3 is 2.58 bits per heavy atom. The van der Waals surface area contributed by atoms with E-state index in [1.54, 1.807) is 66.9 Å². The first-order chi connectivity index (χ1) is 16.0. The third-order valence-electron chi connectivity index (χ3n) is 4.71. The lowest BCUT2D eigenvalue weighted by Crippen LogP contribution is -2.07. The van der Waals surface area contributed by atoms with E-state index in [1.165, 1.54) is 6.08 Å². The van der Waals surface area contributed by atoms with E-state index in [-0.39, 0.29) is 5.91 Å². The van der Waals surface area contributed by atoms with Crippen molar-refractivity contribution in [1.29, 1.82) is 0 Å². The van der Waals surface area contributed by atoms with Crippen molar-refractivity contribution in [2.75, 3.05) is 5.32 Å². The molecule has 0 saturated carbocycles. The molecule has 0 aliphatic carbocycles. The van der Waals surface area contributed by atoms with Gasteiger partial charge in [0.2, 0.25) is 11.8 Å². The first kappa shape index (κ1) is 21.0. The van der Waals surface area contributed by atoms with Crippen LogP contribution in [0.3, 0.4) is 0 Å². The summed E-state index contributed by atoms with van der Waals surface area (Å²) in [6.45, 7) is 0. The SMILES string of the molecule is O=C(/C=C/c1ccc(-c2cc(Cl)cc(Cl)c2)o1)Nc1cccc(-c2nc3ncccc3o2)c1. The van der Waals surface area contributed by atoms with Crippen LogP contribution in [-0.2, 0) is 4.79 Å². The largest absolute Gasteiger partial charge is 0.457 e. The third kappa shape index (κ3) is 4.82. The van der Waals surface area contributed by atoms with Gasteiger partial charge < -0.3 is 14.2 Å². The zero-order valence-electron chi connectivity index (χ0n) is 17.0. The highest BCUT2D eigenvalue weighted by Crippen LogP contribution is 2.29. The van der Waals surface area contributed by atoms with Crippen molar-refractivity contribution >= 4 is 52.1 Å². The van der Waals surface area contributed by atoms with Gasteiger partial charge in [-0.3, -0.25) is 4.79 Å². The normalized spacial score (nSPS) is 11.3. The van der Waals surface area contributed by atoms with E-state index in [1.807, 2.05) is 12.1 Å². The minimum Gasteiger partial charge on any atom is -0.457 e. The van der Waals surface area contributed by atoms with E-state index in [2.05, 4.69) is 15.3 Å². The quantitative estimate of drug-likeness (QED) is 0.274. The lowest BCUT2D eigenvalue weighted by molar-refractivity contribution is -0.111. The second-order valence-electron chi connectivity index (χ2n) is 7.11. The van der Waals surface area contributed by atoms with Gasteiger partial charge in [-0.2, -0.15) is 4.98 Å². The van der Waals surface area contributed by atoms with Crippen molar-refractivity contribution in [3.8, 4) is 22.8 Å². The first-order valence-electron chi connectivity index (χ1n) is 9.91. The lowest BCUT2D eigenvalue weighted by Gasteiger charge is -2.03. The number of amides is 1. The number of aromatic nitrogens is 2. The highest BCUT2D eigenvalue weighted by atomic mass is 35.5. The molecule has 3 heterocycles. The predicted octanol–water partition coefficient (Wildman–Crippen LogP) is 7.11. The Balaban J connectivity index is 1.28. The fraction of sp³-hybridized carbons (Fsp3) is 0. The summed E-state index contributed by atoms with van der Waals surface area (Å²) >= 11 is 12.1. The number of nitrogens with zero attached hydrogens (tertiary/aromatic N) is 2. The molecule has 5 rings (SSSR count). The molecule has 8 heteroatoms. The zero-order chi connectivity index (χ0) is 22.8. The standard InChI is InChI=1S/C25H15Cl2N3O3/c26-17-11-16(12-18(27)14-17)21-8-6-20(32-21)7-9-23(31)29-19-4-1-3-15(13-19)25-30-24-22(33-25)5-2-10-28-24/h1-14H,(H,29,31)/b9-7+. The second kappa shape index (κ2) is 8.94. The molecular weight excluding hydrogens is 461 g/mol. The highest BCUT2D eigenvalue weighted by molar-refractivity contribution is 6.35. The summed E-state index contributed by atoms with van der Waals surface area (Å²) < 4.78 is 11.5. The minimum absolute atomic E-state index is 0.310. The van der Waals surface area contributed by atoms with Gasteiger partial charge in [0.05, 0.1) is 0 Å². The van der Waals surface area contributed by atoms with E-state index in [0.717, 1.165) is 11.1 Å². The molecular formula is C25H15Cl2N3O3. The minimum atomic E-state index is -0.310. The van der Waals surface area contributed by atoms with Crippen LogP contribution in [0.2, 0.25) is 10.0 Å². The molecule has 0 spiro atoms. The smallest absolute Gasteiger partial charge is 0.248 e. The van der Waals surface area contributed by atoms with E-state index >= 15 is 0 Å². The number of nitrogens with one attached hydrogen (secondary N) is 1. The molecule has 6 nitrogen and oxygen atoms in total. The zero-order valence-corrected chi connectivity index (χ0v) is 18.5. The van der Waals surface area contributed by atoms with Gasteiger partial charge in [0.15, 0.2) is 11.2 Å². The number of furan rings is 1. The van der Waals surface area contributed by atoms with Crippen molar-refractivity contribution in [3.63, 3.8) is 0 Å². The highest BCUT2D eigenvalue weighted by Gasteiger charge is 2.10. The number of oxazole rings is 1. The van der Waals surface area contributed by atoms with Gasteiger partial charge >= 0.3 is 0 Å². The number of hydrogen-bond acceptors (Lipinski definition) is 5. The Hall–Kier alpha value is -3.87. The van der Waals surface area contributed by atoms with Crippen LogP contribution in [0.15, 0.2) is 87.8 Å². The van der Waals surface area contributed by atoms with Crippen LogP contribution in [0, 0.1) is 0 Å². The van der Waals surface area contributed by atoms with Crippen molar-refractivity contribution in [2.24, 2.45) is 0 Å². The van der Waals surface area contributed by atoms with Crippen molar-refractivity contribution < 1.29 is 13.6 Å². The van der Waals surface area contributed by atoms with E-state index < -0.39 is 0 Å². The first-order valence-corrected chi connectivity index (χ1v) is 10.7. The van der Waals surface area contributed by atoms with Crippen LogP contribution in [0.25, 0.3) is 40.1 Å². The van der Waals surface area contributed by atoms with E-state index in [0.29, 0.717) is 44.4 Å². The molecule has 0 fully saturated rings. The summed E-state index contributed by atoms with van der Waals surface area (Å²) in [5.41, 5.74) is 3.21. The molecule has 1 amide bonds. The molecule has 0 unspecified atom stereocenters. The molecule has 5 aromatic rings. The average molecular weight is 476 g/mol. The number of anilines is 1. The van der Waals surface area contributed by atoms with Crippen molar-refractivity contribution in [3.05, 3.63) is 94.8 Å². The Labute approximate surface area is 198 Å². The van der Waals surface area contributed by atoms with Crippen LogP contribution < -0.4 is 5.32 Å². The van der Waals surface area contributed by atoms with Gasteiger partial charge in [0.1, 0.15) is 11.5 Å². The van der Waals surface area contributed by atoms with Crippen LogP contribution in [0.1, 0.15) is 5.76 Å². The van der Waals surface area contributed by atoms with Crippen LogP contribution in [0.5, 0.6) is 0 Å². The van der Waals surface area contributed by atoms with Gasteiger partial charge in [0, 0.05) is 39.1 Å². The van der Waals surface area contributed by atoms with Crippen LogP contribution in [-0.4, -0.2) is 15.9 Å². The average Bonchev–Trinajstić information content (AvgIpc) is 3.44. The molecule has 3 aromatic heterocycles. The topological polar surface area (TPSA) is 81.2 Å².